The first-order chi connectivity index (χ1) is 8.47. The van der Waals surface area contributed by atoms with Gasteiger partial charge in [0.15, 0.2) is 0 Å². The van der Waals surface area contributed by atoms with Gasteiger partial charge in [-0.15, -0.1) is 0 Å². The average Bonchev–Trinajstić information content (AvgIpc) is 2.26. The highest BCUT2D eigenvalue weighted by atomic mass is 79.9. The van der Waals surface area contributed by atoms with Gasteiger partial charge in [-0.05, 0) is 33.6 Å². The predicted octanol–water partition coefficient (Wildman–Crippen LogP) is 4.04. The van der Waals surface area contributed by atoms with Gasteiger partial charge < -0.3 is 5.32 Å². The van der Waals surface area contributed by atoms with E-state index in [2.05, 4.69) is 39.4 Å². The van der Waals surface area contributed by atoms with Gasteiger partial charge in [-0.1, -0.05) is 30.8 Å². The number of allylic oxidation sites excluding steroid dienone is 3. The molecule has 0 aliphatic rings. The molecule has 1 aromatic rings. The lowest BCUT2D eigenvalue weighted by Crippen LogP contribution is -2.11. The Kier molecular flexibility index (Phi) is 5.82. The first-order valence-corrected chi connectivity index (χ1v) is 6.25. The number of hydrogen-bond donors (Lipinski definition) is 1. The van der Waals surface area contributed by atoms with Crippen LogP contribution in [0.25, 0.3) is 0 Å². The van der Waals surface area contributed by atoms with E-state index in [1.54, 1.807) is 30.6 Å². The van der Waals surface area contributed by atoms with Gasteiger partial charge in [0.1, 0.15) is 0 Å². The highest BCUT2D eigenvalue weighted by Gasteiger charge is 2.03. The maximum Gasteiger partial charge on any atom is 0.228 e. The molecule has 5 heteroatoms. The van der Waals surface area contributed by atoms with Gasteiger partial charge in [-0.25, -0.2) is 0 Å². The second kappa shape index (κ2) is 7.13. The van der Waals surface area contributed by atoms with E-state index >= 15 is 0 Å². The van der Waals surface area contributed by atoms with E-state index in [-0.39, 0.29) is 12.3 Å². The van der Waals surface area contributed by atoms with E-state index < -0.39 is 0 Å². The largest absolute Gasteiger partial charge is 0.324 e. The fourth-order valence-electron chi connectivity index (χ4n) is 1.16. The van der Waals surface area contributed by atoms with Crippen molar-refractivity contribution in [2.45, 2.75) is 6.42 Å². The zero-order chi connectivity index (χ0) is 13.5. The third-order valence-corrected chi connectivity index (χ3v) is 2.44. The van der Waals surface area contributed by atoms with Crippen LogP contribution in [-0.2, 0) is 4.79 Å². The van der Waals surface area contributed by atoms with Crippen LogP contribution in [0.1, 0.15) is 6.42 Å². The van der Waals surface area contributed by atoms with Crippen LogP contribution < -0.4 is 5.32 Å². The van der Waals surface area contributed by atoms with Crippen molar-refractivity contribution in [3.63, 3.8) is 0 Å². The summed E-state index contributed by atoms with van der Waals surface area (Å²) in [5.74, 6) is -0.162. The first-order valence-electron chi connectivity index (χ1n) is 5.08. The van der Waals surface area contributed by atoms with Crippen LogP contribution in [0, 0.1) is 0 Å². The minimum Gasteiger partial charge on any atom is -0.324 e. The number of halogens is 2. The highest BCUT2D eigenvalue weighted by molar-refractivity contribution is 9.10. The van der Waals surface area contributed by atoms with Gasteiger partial charge in [-0.3, -0.25) is 9.78 Å². The van der Waals surface area contributed by atoms with Crippen LogP contribution >= 0.6 is 27.5 Å². The summed E-state index contributed by atoms with van der Waals surface area (Å²) in [5.41, 5.74) is 1.28. The summed E-state index contributed by atoms with van der Waals surface area (Å²) in [7, 11) is 0. The normalized spacial score (nSPS) is 10.3. The number of nitrogens with zero attached hydrogens (tertiary/aromatic N) is 1. The van der Waals surface area contributed by atoms with Crippen LogP contribution in [0.15, 0.2) is 58.8 Å². The van der Waals surface area contributed by atoms with Crippen molar-refractivity contribution in [3.05, 3.63) is 58.8 Å². The third-order valence-electron chi connectivity index (χ3n) is 1.88. The lowest BCUT2D eigenvalue weighted by atomic mass is 10.2. The quantitative estimate of drug-likeness (QED) is 0.829. The maximum absolute atomic E-state index is 11.7. The van der Waals surface area contributed by atoms with E-state index in [4.69, 9.17) is 11.6 Å². The Labute approximate surface area is 119 Å². The number of carbonyl (C=O) groups is 1. The van der Waals surface area contributed by atoms with Crippen molar-refractivity contribution >= 4 is 39.1 Å². The number of carbonyl (C=O) groups excluding carboxylic acids is 1. The van der Waals surface area contributed by atoms with Crippen molar-refractivity contribution in [1.29, 1.82) is 0 Å². The van der Waals surface area contributed by atoms with E-state index in [0.29, 0.717) is 16.3 Å². The lowest BCUT2D eigenvalue weighted by Gasteiger charge is -2.04. The van der Waals surface area contributed by atoms with Gasteiger partial charge in [0, 0.05) is 15.7 Å². The standard InChI is InChI=1S/C13H12BrClN2O/c1-9(3-4-10(2)15)5-13(18)17-12-6-11(14)7-16-8-12/h3-4,6-8H,1-2,5H2,(H,17,18)/b4-3-. The van der Waals surface area contributed by atoms with Crippen molar-refractivity contribution in [2.24, 2.45) is 0 Å². The van der Waals surface area contributed by atoms with Gasteiger partial charge in [0.2, 0.25) is 5.91 Å². The minimum atomic E-state index is -0.162. The molecule has 1 aromatic heterocycles. The molecule has 1 N–H and O–H groups in total. The minimum absolute atomic E-state index is 0.162. The molecule has 0 bridgehead atoms. The molecule has 0 aromatic carbocycles. The molecule has 1 amide bonds. The number of amides is 1. The molecule has 0 spiro atoms. The van der Waals surface area contributed by atoms with Crippen LogP contribution in [0.4, 0.5) is 5.69 Å². The summed E-state index contributed by atoms with van der Waals surface area (Å²) >= 11 is 8.85. The van der Waals surface area contributed by atoms with E-state index in [1.165, 1.54) is 0 Å². The van der Waals surface area contributed by atoms with Gasteiger partial charge in [0.05, 0.1) is 18.3 Å². The van der Waals surface area contributed by atoms with Crippen molar-refractivity contribution < 1.29 is 4.79 Å². The Morgan fingerprint density at radius 1 is 1.44 bits per heavy atom. The Morgan fingerprint density at radius 2 is 2.17 bits per heavy atom. The molecular weight excluding hydrogens is 316 g/mol. The maximum atomic E-state index is 11.7. The van der Waals surface area contributed by atoms with E-state index in [1.807, 2.05) is 0 Å². The molecule has 94 valence electrons. The van der Waals surface area contributed by atoms with Crippen LogP contribution in [-0.4, -0.2) is 10.9 Å². The summed E-state index contributed by atoms with van der Waals surface area (Å²) in [6, 6.07) is 1.77. The number of anilines is 1. The predicted molar refractivity (Wildman–Crippen MR) is 78.5 cm³/mol. The summed E-state index contributed by atoms with van der Waals surface area (Å²) in [5, 5.41) is 3.12. The summed E-state index contributed by atoms with van der Waals surface area (Å²) < 4.78 is 0.803. The monoisotopic (exact) mass is 326 g/mol. The fraction of sp³-hybridized carbons (Fsp3) is 0.0769. The zero-order valence-electron chi connectivity index (χ0n) is 9.62. The SMILES string of the molecule is C=C(Cl)/C=C\C(=C)CC(=O)Nc1cncc(Br)c1. The number of pyridine rings is 1. The first kappa shape index (κ1) is 14.7. The second-order valence-corrected chi connectivity index (χ2v) is 4.96. The van der Waals surface area contributed by atoms with Crippen LogP contribution in [0.5, 0.6) is 0 Å². The fourth-order valence-corrected chi connectivity index (χ4v) is 1.59. The van der Waals surface area contributed by atoms with Crippen LogP contribution in [0.3, 0.4) is 0 Å². The Hall–Kier alpha value is -1.39. The van der Waals surface area contributed by atoms with Crippen LogP contribution in [0.2, 0.25) is 0 Å². The van der Waals surface area contributed by atoms with Gasteiger partial charge >= 0.3 is 0 Å². The van der Waals surface area contributed by atoms with Crippen molar-refractivity contribution in [1.82, 2.24) is 4.98 Å². The number of hydrogen-bond acceptors (Lipinski definition) is 2. The van der Waals surface area contributed by atoms with Gasteiger partial charge in [-0.2, -0.15) is 0 Å². The van der Waals surface area contributed by atoms with Crippen molar-refractivity contribution in [3.8, 4) is 0 Å². The Balaban J connectivity index is 2.52. The summed E-state index contributed by atoms with van der Waals surface area (Å²) in [4.78, 5) is 15.6. The van der Waals surface area contributed by atoms with Crippen molar-refractivity contribution in [2.75, 3.05) is 5.32 Å². The molecule has 0 unspecified atom stereocenters. The van der Waals surface area contributed by atoms with E-state index in [9.17, 15) is 4.79 Å². The summed E-state index contributed by atoms with van der Waals surface area (Å²) in [6.07, 6.45) is 6.66. The highest BCUT2D eigenvalue weighted by Crippen LogP contribution is 2.14. The number of rotatable bonds is 5. The smallest absolute Gasteiger partial charge is 0.228 e. The summed E-state index contributed by atoms with van der Waals surface area (Å²) in [6.45, 7) is 7.26. The van der Waals surface area contributed by atoms with E-state index in [0.717, 1.165) is 4.47 Å². The molecule has 1 rings (SSSR count). The zero-order valence-corrected chi connectivity index (χ0v) is 12.0. The lowest BCUT2D eigenvalue weighted by molar-refractivity contribution is -0.115. The molecular formula is C13H12BrClN2O. The molecule has 0 saturated carbocycles. The number of aromatic nitrogens is 1. The molecule has 0 aliphatic heterocycles. The molecule has 0 aliphatic carbocycles. The molecule has 0 atom stereocenters. The molecule has 3 nitrogen and oxygen atoms in total. The molecule has 0 fully saturated rings. The Morgan fingerprint density at radius 3 is 2.78 bits per heavy atom. The number of nitrogens with one attached hydrogen (secondary N) is 1. The Bertz CT molecular complexity index is 511. The van der Waals surface area contributed by atoms with Gasteiger partial charge in [0.25, 0.3) is 0 Å². The molecule has 18 heavy (non-hydrogen) atoms. The molecule has 1 heterocycles. The molecule has 0 radical (unpaired) electrons. The molecule has 0 saturated heterocycles. The third kappa shape index (κ3) is 5.80. The second-order valence-electron chi connectivity index (χ2n) is 3.56. The topological polar surface area (TPSA) is 42.0 Å². The average molecular weight is 328 g/mol.